The Bertz CT molecular complexity index is 902. The summed E-state index contributed by atoms with van der Waals surface area (Å²) >= 11 is 5.87. The number of anilines is 1. The van der Waals surface area contributed by atoms with Gasteiger partial charge in [0.15, 0.2) is 0 Å². The third kappa shape index (κ3) is 3.71. The average Bonchev–Trinajstić information content (AvgIpc) is 2.90. The number of alkyl halides is 3. The Balaban J connectivity index is 1.76. The van der Waals surface area contributed by atoms with Gasteiger partial charge in [-0.2, -0.15) is 13.2 Å². The Morgan fingerprint density at radius 1 is 1.12 bits per heavy atom. The van der Waals surface area contributed by atoms with Gasteiger partial charge in [-0.15, -0.1) is 0 Å². The summed E-state index contributed by atoms with van der Waals surface area (Å²) < 4.78 is 38.1. The molecule has 124 valence electrons. The lowest BCUT2D eigenvalue weighted by Crippen LogP contribution is -2.14. The van der Waals surface area contributed by atoms with Crippen molar-refractivity contribution in [3.8, 4) is 0 Å². The molecule has 2 N–H and O–H groups in total. The minimum atomic E-state index is -4.44. The van der Waals surface area contributed by atoms with E-state index in [1.54, 1.807) is 30.3 Å². The van der Waals surface area contributed by atoms with Gasteiger partial charge >= 0.3 is 6.18 Å². The number of aromatic nitrogens is 1. The molecular formula is C17H12ClF3N2O. The molecular weight excluding hydrogens is 341 g/mol. The summed E-state index contributed by atoms with van der Waals surface area (Å²) in [5.74, 6) is -0.275. The number of fused-ring (bicyclic) bond motifs is 1. The number of carbonyl (C=O) groups is 1. The average molecular weight is 353 g/mol. The van der Waals surface area contributed by atoms with Crippen molar-refractivity contribution < 1.29 is 18.0 Å². The van der Waals surface area contributed by atoms with Crippen LogP contribution in [0.15, 0.2) is 48.5 Å². The van der Waals surface area contributed by atoms with Crippen LogP contribution in [0.1, 0.15) is 11.3 Å². The quantitative estimate of drug-likeness (QED) is 0.683. The zero-order valence-corrected chi connectivity index (χ0v) is 13.0. The predicted octanol–water partition coefficient (Wildman–Crippen LogP) is 5.02. The van der Waals surface area contributed by atoms with Gasteiger partial charge in [0.2, 0.25) is 5.91 Å². The van der Waals surface area contributed by atoms with Crippen LogP contribution in [-0.2, 0) is 17.4 Å². The Morgan fingerprint density at radius 2 is 1.92 bits per heavy atom. The Hall–Kier alpha value is -2.47. The zero-order chi connectivity index (χ0) is 17.3. The SMILES string of the molecule is O=C(Cc1cccc(Cl)c1)Nc1ccc2[nH]c(C(F)(F)F)cc2c1. The first kappa shape index (κ1) is 16.4. The first-order chi connectivity index (χ1) is 11.3. The summed E-state index contributed by atoms with van der Waals surface area (Å²) in [6, 6.07) is 12.5. The van der Waals surface area contributed by atoms with Crippen molar-refractivity contribution in [1.29, 1.82) is 0 Å². The van der Waals surface area contributed by atoms with E-state index in [9.17, 15) is 18.0 Å². The number of H-pyrrole nitrogens is 1. The van der Waals surface area contributed by atoms with Gasteiger partial charge < -0.3 is 10.3 Å². The van der Waals surface area contributed by atoms with Gasteiger partial charge in [-0.3, -0.25) is 4.79 Å². The molecule has 0 radical (unpaired) electrons. The van der Waals surface area contributed by atoms with Gasteiger partial charge in [0, 0.05) is 21.6 Å². The molecule has 0 fully saturated rings. The van der Waals surface area contributed by atoms with Crippen molar-refractivity contribution in [2.75, 3.05) is 5.32 Å². The standard InChI is InChI=1S/C17H12ClF3N2O/c18-12-3-1-2-10(6-12)7-16(24)22-13-4-5-14-11(8-13)9-15(23-14)17(19,20)21/h1-6,8-9,23H,7H2,(H,22,24). The molecule has 3 aromatic rings. The normalized spacial score (nSPS) is 11.7. The fourth-order valence-corrected chi connectivity index (χ4v) is 2.61. The highest BCUT2D eigenvalue weighted by Gasteiger charge is 2.32. The fourth-order valence-electron chi connectivity index (χ4n) is 2.40. The van der Waals surface area contributed by atoms with Gasteiger partial charge in [-0.05, 0) is 42.0 Å². The molecule has 0 atom stereocenters. The summed E-state index contributed by atoms with van der Waals surface area (Å²) in [5, 5.41) is 3.59. The number of benzene rings is 2. The Labute approximate surface area is 140 Å². The van der Waals surface area contributed by atoms with Gasteiger partial charge in [0.05, 0.1) is 6.42 Å². The summed E-state index contributed by atoms with van der Waals surface area (Å²) in [5.41, 5.74) is 0.722. The number of amides is 1. The number of aromatic amines is 1. The van der Waals surface area contributed by atoms with Crippen molar-refractivity contribution >= 4 is 34.1 Å². The molecule has 0 aliphatic carbocycles. The highest BCUT2D eigenvalue weighted by atomic mass is 35.5. The van der Waals surface area contributed by atoms with Crippen LogP contribution in [0.5, 0.6) is 0 Å². The van der Waals surface area contributed by atoms with Crippen LogP contribution in [0.3, 0.4) is 0 Å². The highest BCUT2D eigenvalue weighted by molar-refractivity contribution is 6.30. The molecule has 2 aromatic carbocycles. The molecule has 7 heteroatoms. The van der Waals surface area contributed by atoms with Gasteiger partial charge in [0.1, 0.15) is 5.69 Å². The smallest absolute Gasteiger partial charge is 0.351 e. The van der Waals surface area contributed by atoms with Crippen molar-refractivity contribution in [3.63, 3.8) is 0 Å². The van der Waals surface area contributed by atoms with Crippen LogP contribution in [0.2, 0.25) is 5.02 Å². The largest absolute Gasteiger partial charge is 0.431 e. The van der Waals surface area contributed by atoms with E-state index in [1.807, 2.05) is 0 Å². The van der Waals surface area contributed by atoms with Crippen LogP contribution in [0.4, 0.5) is 18.9 Å². The minimum Gasteiger partial charge on any atom is -0.351 e. The molecule has 0 bridgehead atoms. The lowest BCUT2D eigenvalue weighted by Gasteiger charge is -2.06. The second kappa shape index (κ2) is 6.20. The van der Waals surface area contributed by atoms with Crippen LogP contribution < -0.4 is 5.32 Å². The fraction of sp³-hybridized carbons (Fsp3) is 0.118. The molecule has 0 unspecified atom stereocenters. The number of rotatable bonds is 3. The molecule has 3 rings (SSSR count). The van der Waals surface area contributed by atoms with E-state index in [0.717, 1.165) is 11.6 Å². The minimum absolute atomic E-state index is 0.125. The molecule has 24 heavy (non-hydrogen) atoms. The van der Waals surface area contributed by atoms with E-state index in [0.29, 0.717) is 21.6 Å². The molecule has 0 saturated carbocycles. The van der Waals surface area contributed by atoms with Crippen molar-refractivity contribution in [3.05, 3.63) is 64.8 Å². The van der Waals surface area contributed by atoms with Crippen LogP contribution in [-0.4, -0.2) is 10.9 Å². The van der Waals surface area contributed by atoms with E-state index < -0.39 is 11.9 Å². The molecule has 3 nitrogen and oxygen atoms in total. The monoisotopic (exact) mass is 352 g/mol. The maximum Gasteiger partial charge on any atom is 0.431 e. The maximum atomic E-state index is 12.7. The van der Waals surface area contributed by atoms with Crippen molar-refractivity contribution in [2.45, 2.75) is 12.6 Å². The summed E-state index contributed by atoms with van der Waals surface area (Å²) in [4.78, 5) is 14.4. The predicted molar refractivity (Wildman–Crippen MR) is 87.1 cm³/mol. The lowest BCUT2D eigenvalue weighted by atomic mass is 10.1. The molecule has 0 aliphatic rings. The third-order valence-corrected chi connectivity index (χ3v) is 3.70. The first-order valence-corrected chi connectivity index (χ1v) is 7.43. The van der Waals surface area contributed by atoms with E-state index >= 15 is 0 Å². The van der Waals surface area contributed by atoms with E-state index in [1.165, 1.54) is 12.1 Å². The second-order valence-electron chi connectivity index (χ2n) is 5.34. The van der Waals surface area contributed by atoms with E-state index in [4.69, 9.17) is 11.6 Å². The van der Waals surface area contributed by atoms with Crippen molar-refractivity contribution in [2.24, 2.45) is 0 Å². The number of nitrogens with one attached hydrogen (secondary N) is 2. The second-order valence-corrected chi connectivity index (χ2v) is 5.77. The van der Waals surface area contributed by atoms with Crippen LogP contribution in [0.25, 0.3) is 10.9 Å². The van der Waals surface area contributed by atoms with E-state index in [2.05, 4.69) is 10.3 Å². The third-order valence-electron chi connectivity index (χ3n) is 3.46. The number of halogens is 4. The van der Waals surface area contributed by atoms with Gasteiger partial charge in [0.25, 0.3) is 0 Å². The van der Waals surface area contributed by atoms with Crippen LogP contribution in [0, 0.1) is 0 Å². The molecule has 0 aliphatic heterocycles. The van der Waals surface area contributed by atoms with E-state index in [-0.39, 0.29) is 12.3 Å². The summed E-state index contributed by atoms with van der Waals surface area (Å²) in [6.07, 6.45) is -4.31. The van der Waals surface area contributed by atoms with Gasteiger partial charge in [-0.1, -0.05) is 23.7 Å². The van der Waals surface area contributed by atoms with Gasteiger partial charge in [-0.25, -0.2) is 0 Å². The maximum absolute atomic E-state index is 12.7. The molecule has 0 saturated heterocycles. The summed E-state index contributed by atoms with van der Waals surface area (Å²) in [7, 11) is 0. The topological polar surface area (TPSA) is 44.9 Å². The number of hydrogen-bond acceptors (Lipinski definition) is 1. The van der Waals surface area contributed by atoms with Crippen molar-refractivity contribution in [1.82, 2.24) is 4.98 Å². The summed E-state index contributed by atoms with van der Waals surface area (Å²) in [6.45, 7) is 0. The molecule has 1 heterocycles. The molecule has 1 aromatic heterocycles. The first-order valence-electron chi connectivity index (χ1n) is 7.05. The zero-order valence-electron chi connectivity index (χ0n) is 12.2. The number of carbonyl (C=O) groups excluding carboxylic acids is 1. The molecule has 0 spiro atoms. The Kier molecular flexibility index (Phi) is 4.24. The highest BCUT2D eigenvalue weighted by Crippen LogP contribution is 2.31. The molecule has 1 amide bonds. The lowest BCUT2D eigenvalue weighted by molar-refractivity contribution is -0.140. The Morgan fingerprint density at radius 3 is 2.62 bits per heavy atom. The van der Waals surface area contributed by atoms with Crippen LogP contribution >= 0.6 is 11.6 Å². The number of hydrogen-bond donors (Lipinski definition) is 2.